The van der Waals surface area contributed by atoms with Crippen LogP contribution in [0.25, 0.3) is 0 Å². The summed E-state index contributed by atoms with van der Waals surface area (Å²) in [4.78, 5) is 25.2. The van der Waals surface area contributed by atoms with E-state index in [4.69, 9.17) is 0 Å². The Kier molecular flexibility index (Phi) is 4.21. The molecule has 0 radical (unpaired) electrons. The van der Waals surface area contributed by atoms with Crippen molar-refractivity contribution in [2.45, 2.75) is 31.6 Å². The van der Waals surface area contributed by atoms with Crippen molar-refractivity contribution in [3.05, 3.63) is 16.9 Å². The first-order chi connectivity index (χ1) is 11.2. The number of nitrogens with zero attached hydrogens (tertiary/aromatic N) is 4. The third-order valence-electron chi connectivity index (χ3n) is 4.83. The van der Waals surface area contributed by atoms with Crippen molar-refractivity contribution in [1.82, 2.24) is 25.5 Å². The highest BCUT2D eigenvalue weighted by molar-refractivity contribution is 9.10. The van der Waals surface area contributed by atoms with Crippen LogP contribution in [0.1, 0.15) is 19.3 Å². The van der Waals surface area contributed by atoms with Gasteiger partial charge in [0.1, 0.15) is 6.29 Å². The Bertz CT molecular complexity index is 570. The smallest absolute Gasteiger partial charge is 0.225 e. The zero-order chi connectivity index (χ0) is 15.8. The van der Waals surface area contributed by atoms with Crippen molar-refractivity contribution >= 4 is 27.8 Å². The largest absolute Gasteiger partial charge is 0.338 e. The molecule has 3 aliphatic rings. The Morgan fingerprint density at radius 3 is 2.48 bits per heavy atom. The fourth-order valence-electron chi connectivity index (χ4n) is 3.36. The molecule has 124 valence electrons. The zero-order valence-corrected chi connectivity index (χ0v) is 14.5. The Morgan fingerprint density at radius 1 is 1.13 bits per heavy atom. The van der Waals surface area contributed by atoms with Crippen molar-refractivity contribution in [3.8, 4) is 0 Å². The van der Waals surface area contributed by atoms with Gasteiger partial charge >= 0.3 is 0 Å². The van der Waals surface area contributed by atoms with E-state index in [2.05, 4.69) is 46.3 Å². The van der Waals surface area contributed by atoms with Crippen molar-refractivity contribution in [3.63, 3.8) is 0 Å². The van der Waals surface area contributed by atoms with E-state index >= 15 is 0 Å². The van der Waals surface area contributed by atoms with Gasteiger partial charge in [0.05, 0.1) is 4.47 Å². The van der Waals surface area contributed by atoms with Gasteiger partial charge in [-0.05, 0) is 34.7 Å². The summed E-state index contributed by atoms with van der Waals surface area (Å²) in [5.41, 5.74) is 0. The van der Waals surface area contributed by atoms with Crippen LogP contribution in [-0.4, -0.2) is 59.3 Å². The SMILES string of the molecule is O=C1CC(C2CC2)NC(N2CCN(c3ncc(Br)cn3)CC2)N1. The number of aromatic nitrogens is 2. The van der Waals surface area contributed by atoms with Gasteiger partial charge in [0.25, 0.3) is 0 Å². The minimum absolute atomic E-state index is 0.0326. The molecule has 1 aromatic rings. The van der Waals surface area contributed by atoms with Crippen LogP contribution < -0.4 is 15.5 Å². The van der Waals surface area contributed by atoms with Crippen LogP contribution in [0.2, 0.25) is 0 Å². The Hall–Kier alpha value is -1.25. The fourth-order valence-corrected chi connectivity index (χ4v) is 3.57. The second-order valence-electron chi connectivity index (χ2n) is 6.51. The molecule has 2 aliphatic heterocycles. The van der Waals surface area contributed by atoms with Gasteiger partial charge in [-0.15, -0.1) is 0 Å². The molecule has 4 rings (SSSR count). The summed E-state index contributed by atoms with van der Waals surface area (Å²) >= 11 is 3.36. The average Bonchev–Trinajstić information content (AvgIpc) is 3.40. The van der Waals surface area contributed by atoms with Gasteiger partial charge in [-0.1, -0.05) is 0 Å². The molecule has 0 aromatic carbocycles. The maximum absolute atomic E-state index is 12.0. The lowest BCUT2D eigenvalue weighted by Crippen LogP contribution is -2.67. The molecule has 1 aliphatic carbocycles. The Balaban J connectivity index is 1.35. The van der Waals surface area contributed by atoms with E-state index in [9.17, 15) is 4.79 Å². The van der Waals surface area contributed by atoms with E-state index in [1.54, 1.807) is 12.4 Å². The highest BCUT2D eigenvalue weighted by Crippen LogP contribution is 2.35. The normalized spacial score (nSPS) is 29.4. The van der Waals surface area contributed by atoms with Crippen LogP contribution in [0.5, 0.6) is 0 Å². The number of carbonyl (C=O) groups excluding carboxylic acids is 1. The summed E-state index contributed by atoms with van der Waals surface area (Å²) in [5, 5.41) is 6.70. The molecule has 0 spiro atoms. The first-order valence-electron chi connectivity index (χ1n) is 8.21. The lowest BCUT2D eigenvalue weighted by Gasteiger charge is -2.43. The topological polar surface area (TPSA) is 73.4 Å². The molecule has 1 amide bonds. The molecule has 8 heteroatoms. The van der Waals surface area contributed by atoms with Gasteiger partial charge in [-0.2, -0.15) is 0 Å². The number of amides is 1. The fraction of sp³-hybridized carbons (Fsp3) is 0.667. The van der Waals surface area contributed by atoms with Crippen LogP contribution in [-0.2, 0) is 4.79 Å². The number of halogens is 1. The quantitative estimate of drug-likeness (QED) is 0.796. The third-order valence-corrected chi connectivity index (χ3v) is 5.24. The maximum atomic E-state index is 12.0. The molecule has 2 N–H and O–H groups in total. The molecule has 7 nitrogen and oxygen atoms in total. The molecule has 3 fully saturated rings. The van der Waals surface area contributed by atoms with Crippen LogP contribution in [0.15, 0.2) is 16.9 Å². The second-order valence-corrected chi connectivity index (χ2v) is 7.42. The molecular formula is C15H21BrN6O. The van der Waals surface area contributed by atoms with E-state index in [-0.39, 0.29) is 12.2 Å². The van der Waals surface area contributed by atoms with Crippen LogP contribution in [0.3, 0.4) is 0 Å². The standard InChI is InChI=1S/C15H21BrN6O/c16-11-8-17-14(18-9-11)21-3-5-22(6-4-21)15-19-12(10-1-2-10)7-13(23)20-15/h8-10,12,15,19H,1-7H2,(H,20,23). The molecular weight excluding hydrogens is 360 g/mol. The summed E-state index contributed by atoms with van der Waals surface area (Å²) < 4.78 is 0.889. The van der Waals surface area contributed by atoms with Crippen molar-refractivity contribution in [1.29, 1.82) is 0 Å². The van der Waals surface area contributed by atoms with Gasteiger partial charge in [0, 0.05) is 51.0 Å². The molecule has 1 saturated carbocycles. The highest BCUT2D eigenvalue weighted by atomic mass is 79.9. The van der Waals surface area contributed by atoms with E-state index < -0.39 is 0 Å². The number of rotatable bonds is 3. The summed E-state index contributed by atoms with van der Waals surface area (Å²) in [6.07, 6.45) is 6.65. The number of hydrogen-bond acceptors (Lipinski definition) is 6. The predicted octanol–water partition coefficient (Wildman–Crippen LogP) is 0.533. The molecule has 3 heterocycles. The number of carbonyl (C=O) groups is 1. The minimum Gasteiger partial charge on any atom is -0.338 e. The summed E-state index contributed by atoms with van der Waals surface area (Å²) in [6, 6.07) is 0.349. The molecule has 23 heavy (non-hydrogen) atoms. The summed E-state index contributed by atoms with van der Waals surface area (Å²) in [7, 11) is 0. The van der Waals surface area contributed by atoms with Gasteiger partial charge in [-0.25, -0.2) is 9.97 Å². The molecule has 1 aromatic heterocycles. The van der Waals surface area contributed by atoms with Gasteiger partial charge in [-0.3, -0.25) is 15.0 Å². The van der Waals surface area contributed by atoms with Gasteiger partial charge < -0.3 is 10.2 Å². The predicted molar refractivity (Wildman–Crippen MR) is 89.7 cm³/mol. The van der Waals surface area contributed by atoms with E-state index in [0.29, 0.717) is 18.4 Å². The maximum Gasteiger partial charge on any atom is 0.225 e. The Labute approximate surface area is 144 Å². The van der Waals surface area contributed by atoms with E-state index in [1.807, 2.05) is 0 Å². The number of nitrogens with one attached hydrogen (secondary N) is 2. The van der Waals surface area contributed by atoms with Crippen LogP contribution in [0, 0.1) is 5.92 Å². The van der Waals surface area contributed by atoms with E-state index in [1.165, 1.54) is 12.8 Å². The number of hydrogen-bond donors (Lipinski definition) is 2. The molecule has 2 atom stereocenters. The second kappa shape index (κ2) is 6.33. The lowest BCUT2D eigenvalue weighted by atomic mass is 10.1. The zero-order valence-electron chi connectivity index (χ0n) is 12.9. The van der Waals surface area contributed by atoms with E-state index in [0.717, 1.165) is 36.6 Å². The van der Waals surface area contributed by atoms with Crippen molar-refractivity contribution < 1.29 is 4.79 Å². The highest BCUT2D eigenvalue weighted by Gasteiger charge is 2.39. The summed E-state index contributed by atoms with van der Waals surface area (Å²) in [5.74, 6) is 1.63. The van der Waals surface area contributed by atoms with Gasteiger partial charge in [0.15, 0.2) is 0 Å². The van der Waals surface area contributed by atoms with Crippen molar-refractivity contribution in [2.75, 3.05) is 31.1 Å². The monoisotopic (exact) mass is 380 g/mol. The van der Waals surface area contributed by atoms with Crippen molar-refractivity contribution in [2.24, 2.45) is 5.92 Å². The van der Waals surface area contributed by atoms with Gasteiger partial charge in [0.2, 0.25) is 11.9 Å². The summed E-state index contributed by atoms with van der Waals surface area (Å²) in [6.45, 7) is 3.50. The van der Waals surface area contributed by atoms with Crippen LogP contribution in [0.4, 0.5) is 5.95 Å². The van der Waals surface area contributed by atoms with Crippen LogP contribution >= 0.6 is 15.9 Å². The minimum atomic E-state index is -0.0326. The number of piperazine rings is 1. The third kappa shape index (κ3) is 3.49. The molecule has 2 saturated heterocycles. The average molecular weight is 381 g/mol. The Morgan fingerprint density at radius 2 is 1.83 bits per heavy atom. The molecule has 0 bridgehead atoms. The first-order valence-corrected chi connectivity index (χ1v) is 9.00. The molecule has 2 unspecified atom stereocenters. The first kappa shape index (κ1) is 15.3. The lowest BCUT2D eigenvalue weighted by molar-refractivity contribution is -0.127. The number of anilines is 1.